The Labute approximate surface area is 118 Å². The molecule has 0 aliphatic rings. The number of aryl methyl sites for hydroxylation is 3. The van der Waals surface area contributed by atoms with E-state index in [0.717, 1.165) is 30.0 Å². The van der Waals surface area contributed by atoms with E-state index >= 15 is 0 Å². The molecule has 0 N–H and O–H groups in total. The van der Waals surface area contributed by atoms with E-state index in [9.17, 15) is 4.79 Å². The number of rotatable bonds is 5. The molecule has 0 aliphatic heterocycles. The summed E-state index contributed by atoms with van der Waals surface area (Å²) in [5.41, 5.74) is 3.46. The Balaban J connectivity index is 2.20. The maximum atomic E-state index is 12.2. The van der Waals surface area contributed by atoms with E-state index in [1.165, 1.54) is 0 Å². The lowest BCUT2D eigenvalue weighted by Gasteiger charge is -1.98. The van der Waals surface area contributed by atoms with Crippen LogP contribution in [0, 0.1) is 13.8 Å². The Morgan fingerprint density at radius 3 is 2.60 bits per heavy atom. The fourth-order valence-corrected chi connectivity index (χ4v) is 2.12. The van der Waals surface area contributed by atoms with Gasteiger partial charge in [-0.25, -0.2) is 0 Å². The van der Waals surface area contributed by atoms with Gasteiger partial charge in [0.1, 0.15) is 0 Å². The van der Waals surface area contributed by atoms with Crippen LogP contribution in [0.15, 0.2) is 18.5 Å². The Bertz CT molecular complexity index is 649. The highest BCUT2D eigenvalue weighted by Gasteiger charge is 2.10. The maximum Gasteiger partial charge on any atom is 0.189 e. The third kappa shape index (κ3) is 2.71. The van der Waals surface area contributed by atoms with Crippen molar-refractivity contribution in [2.75, 3.05) is 0 Å². The number of carbonyl (C=O) groups is 1. The van der Waals surface area contributed by atoms with Crippen molar-refractivity contribution in [3.63, 3.8) is 0 Å². The summed E-state index contributed by atoms with van der Waals surface area (Å²) in [6, 6.07) is 0. The molecule has 0 fully saturated rings. The van der Waals surface area contributed by atoms with E-state index in [2.05, 4.69) is 10.2 Å². The first-order valence-electron chi connectivity index (χ1n) is 6.85. The van der Waals surface area contributed by atoms with Crippen molar-refractivity contribution in [1.82, 2.24) is 19.6 Å². The molecule has 0 saturated heterocycles. The molecular formula is C15H20N4O. The summed E-state index contributed by atoms with van der Waals surface area (Å²) >= 11 is 0. The molecule has 0 atom stereocenters. The highest BCUT2D eigenvalue weighted by molar-refractivity contribution is 6.07. The van der Waals surface area contributed by atoms with Crippen molar-refractivity contribution in [2.45, 2.75) is 40.8 Å². The fourth-order valence-electron chi connectivity index (χ4n) is 2.12. The molecule has 0 radical (unpaired) electrons. The minimum absolute atomic E-state index is 0.0224. The summed E-state index contributed by atoms with van der Waals surface area (Å²) in [5.74, 6) is -0.0224. The minimum atomic E-state index is -0.0224. The van der Waals surface area contributed by atoms with Gasteiger partial charge in [0.25, 0.3) is 0 Å². The Hall–Kier alpha value is -2.17. The molecule has 0 bridgehead atoms. The standard InChI is InChI=1S/C15H20N4O/c1-5-18-10-14(11(3)17-18)15(20)8-7-13-9-16-19(6-2)12(13)4/h7-10H,5-6H2,1-4H3/b8-7+. The van der Waals surface area contributed by atoms with Crippen LogP contribution >= 0.6 is 0 Å². The summed E-state index contributed by atoms with van der Waals surface area (Å²) in [6.45, 7) is 9.49. The predicted octanol–water partition coefficient (Wildman–Crippen LogP) is 2.63. The molecule has 0 spiro atoms. The molecule has 2 aromatic heterocycles. The van der Waals surface area contributed by atoms with Crippen molar-refractivity contribution >= 4 is 11.9 Å². The number of carbonyl (C=O) groups excluding carboxylic acids is 1. The van der Waals surface area contributed by atoms with Gasteiger partial charge < -0.3 is 0 Å². The number of allylic oxidation sites excluding steroid dienone is 1. The molecule has 106 valence electrons. The van der Waals surface area contributed by atoms with Crippen LogP contribution in [0.2, 0.25) is 0 Å². The fraction of sp³-hybridized carbons (Fsp3) is 0.400. The van der Waals surface area contributed by atoms with Crippen molar-refractivity contribution in [1.29, 1.82) is 0 Å². The van der Waals surface area contributed by atoms with Gasteiger partial charge >= 0.3 is 0 Å². The zero-order valence-electron chi connectivity index (χ0n) is 12.4. The third-order valence-corrected chi connectivity index (χ3v) is 3.39. The first kappa shape index (κ1) is 14.2. The average molecular weight is 272 g/mol. The van der Waals surface area contributed by atoms with Gasteiger partial charge in [-0.2, -0.15) is 10.2 Å². The van der Waals surface area contributed by atoms with Gasteiger partial charge in [-0.3, -0.25) is 14.2 Å². The maximum absolute atomic E-state index is 12.2. The van der Waals surface area contributed by atoms with Crippen LogP contribution in [-0.4, -0.2) is 25.3 Å². The highest BCUT2D eigenvalue weighted by atomic mass is 16.1. The van der Waals surface area contributed by atoms with Gasteiger partial charge in [-0.15, -0.1) is 0 Å². The first-order valence-corrected chi connectivity index (χ1v) is 6.85. The van der Waals surface area contributed by atoms with Gasteiger partial charge in [0.05, 0.1) is 17.5 Å². The van der Waals surface area contributed by atoms with Crippen LogP contribution in [-0.2, 0) is 13.1 Å². The normalized spacial score (nSPS) is 11.4. The zero-order chi connectivity index (χ0) is 14.7. The predicted molar refractivity (Wildman–Crippen MR) is 78.6 cm³/mol. The number of aromatic nitrogens is 4. The smallest absolute Gasteiger partial charge is 0.189 e. The molecule has 0 unspecified atom stereocenters. The van der Waals surface area contributed by atoms with E-state index in [-0.39, 0.29) is 5.78 Å². The van der Waals surface area contributed by atoms with E-state index < -0.39 is 0 Å². The molecular weight excluding hydrogens is 252 g/mol. The molecule has 0 aromatic carbocycles. The van der Waals surface area contributed by atoms with E-state index in [4.69, 9.17) is 0 Å². The van der Waals surface area contributed by atoms with E-state index in [1.807, 2.05) is 38.5 Å². The van der Waals surface area contributed by atoms with Crippen molar-refractivity contribution in [3.05, 3.63) is 41.0 Å². The second-order valence-corrected chi connectivity index (χ2v) is 4.68. The van der Waals surface area contributed by atoms with Crippen LogP contribution in [0.25, 0.3) is 6.08 Å². The monoisotopic (exact) mass is 272 g/mol. The molecule has 2 rings (SSSR count). The summed E-state index contributed by atoms with van der Waals surface area (Å²) < 4.78 is 3.68. The lowest BCUT2D eigenvalue weighted by Crippen LogP contribution is -1.98. The van der Waals surface area contributed by atoms with Crippen LogP contribution in [0.1, 0.15) is 41.2 Å². The molecule has 2 heterocycles. The Kier molecular flexibility index (Phi) is 4.17. The molecule has 0 aliphatic carbocycles. The average Bonchev–Trinajstić information content (AvgIpc) is 2.99. The lowest BCUT2D eigenvalue weighted by molar-refractivity contribution is 0.104. The first-order chi connectivity index (χ1) is 9.56. The Morgan fingerprint density at radius 1 is 1.30 bits per heavy atom. The summed E-state index contributed by atoms with van der Waals surface area (Å²) in [5, 5.41) is 8.54. The molecule has 2 aromatic rings. The highest BCUT2D eigenvalue weighted by Crippen LogP contribution is 2.12. The lowest BCUT2D eigenvalue weighted by atomic mass is 10.1. The molecule has 5 heteroatoms. The minimum Gasteiger partial charge on any atom is -0.289 e. The molecule has 0 amide bonds. The third-order valence-electron chi connectivity index (χ3n) is 3.39. The topological polar surface area (TPSA) is 52.7 Å². The van der Waals surface area contributed by atoms with Gasteiger partial charge in [0.2, 0.25) is 0 Å². The van der Waals surface area contributed by atoms with Crippen molar-refractivity contribution < 1.29 is 4.79 Å². The zero-order valence-corrected chi connectivity index (χ0v) is 12.4. The summed E-state index contributed by atoms with van der Waals surface area (Å²) in [7, 11) is 0. The van der Waals surface area contributed by atoms with Crippen molar-refractivity contribution in [3.8, 4) is 0 Å². The quantitative estimate of drug-likeness (QED) is 0.621. The van der Waals surface area contributed by atoms with Gasteiger partial charge in [-0.1, -0.05) is 0 Å². The van der Waals surface area contributed by atoms with Gasteiger partial charge in [-0.05, 0) is 39.8 Å². The van der Waals surface area contributed by atoms with Gasteiger partial charge in [0, 0.05) is 30.5 Å². The largest absolute Gasteiger partial charge is 0.289 e. The SMILES string of the molecule is CCn1cc(C(=O)/C=C/c2cnn(CC)c2C)c(C)n1. The number of ketones is 1. The summed E-state index contributed by atoms with van der Waals surface area (Å²) in [6.07, 6.45) is 6.99. The number of hydrogen-bond acceptors (Lipinski definition) is 3. The van der Waals surface area contributed by atoms with E-state index in [1.54, 1.807) is 23.2 Å². The van der Waals surface area contributed by atoms with Crippen molar-refractivity contribution in [2.24, 2.45) is 0 Å². The Morgan fingerprint density at radius 2 is 2.05 bits per heavy atom. The number of hydrogen-bond donors (Lipinski definition) is 0. The van der Waals surface area contributed by atoms with Crippen LogP contribution in [0.5, 0.6) is 0 Å². The van der Waals surface area contributed by atoms with Crippen LogP contribution in [0.3, 0.4) is 0 Å². The van der Waals surface area contributed by atoms with E-state index in [0.29, 0.717) is 5.56 Å². The molecule has 20 heavy (non-hydrogen) atoms. The molecule has 5 nitrogen and oxygen atoms in total. The van der Waals surface area contributed by atoms with Gasteiger partial charge in [0.15, 0.2) is 5.78 Å². The molecule has 0 saturated carbocycles. The second-order valence-electron chi connectivity index (χ2n) is 4.68. The number of nitrogens with zero attached hydrogens (tertiary/aromatic N) is 4. The summed E-state index contributed by atoms with van der Waals surface area (Å²) in [4.78, 5) is 12.2. The van der Waals surface area contributed by atoms with Crippen LogP contribution < -0.4 is 0 Å². The van der Waals surface area contributed by atoms with Crippen LogP contribution in [0.4, 0.5) is 0 Å². The second kappa shape index (κ2) is 5.86.